The van der Waals surface area contributed by atoms with Crippen LogP contribution in [0.15, 0.2) is 0 Å². The lowest BCUT2D eigenvalue weighted by atomic mass is 10.1. The molecule has 0 aliphatic rings. The molecule has 28 heavy (non-hydrogen) atoms. The van der Waals surface area contributed by atoms with Gasteiger partial charge in [0, 0.05) is 25.9 Å². The molecule has 0 bridgehead atoms. The number of carbonyl (C=O) groups is 3. The third kappa shape index (κ3) is 15.4. The van der Waals surface area contributed by atoms with Gasteiger partial charge in [0.25, 0.3) is 0 Å². The normalized spacial score (nSPS) is 11.9. The van der Waals surface area contributed by atoms with Gasteiger partial charge in [0.15, 0.2) is 0 Å². The lowest BCUT2D eigenvalue weighted by Crippen LogP contribution is -2.48. The minimum atomic E-state index is -0.541. The van der Waals surface area contributed by atoms with E-state index >= 15 is 0 Å². The predicted molar refractivity (Wildman–Crippen MR) is 114 cm³/mol. The number of carbonyl (C=O) groups excluding carboxylic acids is 3. The zero-order valence-corrected chi connectivity index (χ0v) is 18.1. The molecule has 7 nitrogen and oxygen atoms in total. The first-order valence-electron chi connectivity index (χ1n) is 10.9. The molecule has 5 N–H and O–H groups in total. The van der Waals surface area contributed by atoms with Crippen LogP contribution in [0, 0.1) is 5.92 Å². The van der Waals surface area contributed by atoms with E-state index in [0.717, 1.165) is 32.1 Å². The van der Waals surface area contributed by atoms with Crippen LogP contribution in [0.3, 0.4) is 0 Å². The third-order valence-corrected chi connectivity index (χ3v) is 4.45. The number of amides is 3. The molecule has 0 aromatic carbocycles. The fraction of sp³-hybridized carbons (Fsp3) is 0.857. The Balaban J connectivity index is 4.26. The van der Waals surface area contributed by atoms with Crippen LogP contribution in [-0.2, 0) is 14.4 Å². The van der Waals surface area contributed by atoms with Crippen LogP contribution in [-0.4, -0.2) is 43.4 Å². The molecule has 0 radical (unpaired) electrons. The molecule has 0 saturated heterocycles. The summed E-state index contributed by atoms with van der Waals surface area (Å²) in [4.78, 5) is 36.2. The summed E-state index contributed by atoms with van der Waals surface area (Å²) in [5.74, 6) is 0.0166. The topological polar surface area (TPSA) is 113 Å². The summed E-state index contributed by atoms with van der Waals surface area (Å²) in [5.41, 5.74) is 5.53. The minimum absolute atomic E-state index is 0.0138. The van der Waals surface area contributed by atoms with E-state index in [-0.39, 0.29) is 17.7 Å². The van der Waals surface area contributed by atoms with Crippen molar-refractivity contribution in [3.05, 3.63) is 0 Å². The van der Waals surface area contributed by atoms with Gasteiger partial charge in [-0.25, -0.2) is 0 Å². The summed E-state index contributed by atoms with van der Waals surface area (Å²) in [7, 11) is 0. The molecule has 0 heterocycles. The summed E-state index contributed by atoms with van der Waals surface area (Å²) in [6.45, 7) is 7.44. The number of hydrogen-bond donors (Lipinski definition) is 4. The smallest absolute Gasteiger partial charge is 0.242 e. The van der Waals surface area contributed by atoms with Crippen LogP contribution >= 0.6 is 0 Å². The van der Waals surface area contributed by atoms with Crippen molar-refractivity contribution in [1.29, 1.82) is 0 Å². The van der Waals surface area contributed by atoms with E-state index in [2.05, 4.69) is 22.9 Å². The standard InChI is InChI=1S/C21H42N4O3/c1-4-5-6-7-8-12-19(26)25-18(11-9-10-13-22)21(28)24-15-14-23-20(27)16-17(2)3/h17-18H,4-16,22H2,1-3H3,(H,23,27)(H,24,28)(H,25,26). The van der Waals surface area contributed by atoms with E-state index in [1.807, 2.05) is 13.8 Å². The van der Waals surface area contributed by atoms with E-state index in [0.29, 0.717) is 44.8 Å². The number of unbranched alkanes of at least 4 members (excludes halogenated alkanes) is 5. The van der Waals surface area contributed by atoms with Crippen LogP contribution < -0.4 is 21.7 Å². The third-order valence-electron chi connectivity index (χ3n) is 4.45. The van der Waals surface area contributed by atoms with Gasteiger partial charge in [-0.15, -0.1) is 0 Å². The van der Waals surface area contributed by atoms with Crippen LogP contribution in [0.25, 0.3) is 0 Å². The monoisotopic (exact) mass is 398 g/mol. The molecule has 0 spiro atoms. The van der Waals surface area contributed by atoms with Gasteiger partial charge in [-0.05, 0) is 38.1 Å². The molecule has 0 rings (SSSR count). The van der Waals surface area contributed by atoms with Gasteiger partial charge < -0.3 is 21.7 Å². The van der Waals surface area contributed by atoms with Crippen LogP contribution in [0.4, 0.5) is 0 Å². The molecular formula is C21H42N4O3. The Morgan fingerprint density at radius 1 is 0.857 bits per heavy atom. The second kappa shape index (κ2) is 17.5. The largest absolute Gasteiger partial charge is 0.354 e. The average molecular weight is 399 g/mol. The van der Waals surface area contributed by atoms with E-state index in [9.17, 15) is 14.4 Å². The van der Waals surface area contributed by atoms with E-state index in [1.54, 1.807) is 0 Å². The molecule has 164 valence electrons. The van der Waals surface area contributed by atoms with Crippen molar-refractivity contribution in [2.24, 2.45) is 11.7 Å². The highest BCUT2D eigenvalue weighted by Gasteiger charge is 2.19. The van der Waals surface area contributed by atoms with E-state index in [4.69, 9.17) is 5.73 Å². The summed E-state index contributed by atoms with van der Waals surface area (Å²) in [5, 5.41) is 8.46. The lowest BCUT2D eigenvalue weighted by Gasteiger charge is -2.19. The van der Waals surface area contributed by atoms with Crippen molar-refractivity contribution in [3.8, 4) is 0 Å². The highest BCUT2D eigenvalue weighted by atomic mass is 16.2. The second-order valence-electron chi connectivity index (χ2n) is 7.81. The molecule has 3 amide bonds. The lowest BCUT2D eigenvalue weighted by molar-refractivity contribution is -0.129. The number of rotatable bonds is 17. The van der Waals surface area contributed by atoms with Crippen molar-refractivity contribution in [1.82, 2.24) is 16.0 Å². The Kier molecular flexibility index (Phi) is 16.5. The Hall–Kier alpha value is -1.63. The van der Waals surface area contributed by atoms with Crippen molar-refractivity contribution in [2.45, 2.75) is 91.0 Å². The molecule has 0 aromatic heterocycles. The molecule has 0 aliphatic carbocycles. The number of nitrogens with one attached hydrogen (secondary N) is 3. The first-order chi connectivity index (χ1) is 13.4. The molecule has 0 fully saturated rings. The van der Waals surface area contributed by atoms with Gasteiger partial charge >= 0.3 is 0 Å². The van der Waals surface area contributed by atoms with Gasteiger partial charge in [0.05, 0.1) is 0 Å². The van der Waals surface area contributed by atoms with E-state index < -0.39 is 6.04 Å². The molecule has 7 heteroatoms. The Morgan fingerprint density at radius 3 is 2.18 bits per heavy atom. The van der Waals surface area contributed by atoms with Crippen molar-refractivity contribution < 1.29 is 14.4 Å². The van der Waals surface area contributed by atoms with Gasteiger partial charge in [-0.1, -0.05) is 46.5 Å². The second-order valence-corrected chi connectivity index (χ2v) is 7.81. The minimum Gasteiger partial charge on any atom is -0.354 e. The van der Waals surface area contributed by atoms with Crippen LogP contribution in [0.1, 0.15) is 85.0 Å². The highest BCUT2D eigenvalue weighted by molar-refractivity contribution is 5.87. The Bertz CT molecular complexity index is 441. The SMILES string of the molecule is CCCCCCCC(=O)NC(CCCCN)C(=O)NCCNC(=O)CC(C)C. The van der Waals surface area contributed by atoms with E-state index in [1.165, 1.54) is 12.8 Å². The fourth-order valence-corrected chi connectivity index (χ4v) is 2.87. The zero-order chi connectivity index (χ0) is 21.2. The molecule has 0 aliphatic heterocycles. The average Bonchev–Trinajstić information content (AvgIpc) is 2.63. The summed E-state index contributed by atoms with van der Waals surface area (Å²) in [6.07, 6.45) is 8.52. The molecular weight excluding hydrogens is 356 g/mol. The van der Waals surface area contributed by atoms with Crippen LogP contribution in [0.2, 0.25) is 0 Å². The maximum absolute atomic E-state index is 12.4. The summed E-state index contributed by atoms with van der Waals surface area (Å²) >= 11 is 0. The molecule has 0 saturated carbocycles. The fourth-order valence-electron chi connectivity index (χ4n) is 2.87. The molecule has 0 aromatic rings. The predicted octanol–water partition coefficient (Wildman–Crippen LogP) is 2.24. The Labute approximate surface area is 171 Å². The summed E-state index contributed by atoms with van der Waals surface area (Å²) in [6, 6.07) is -0.541. The maximum atomic E-state index is 12.4. The quantitative estimate of drug-likeness (QED) is 0.281. The van der Waals surface area contributed by atoms with Gasteiger partial charge in [-0.2, -0.15) is 0 Å². The first kappa shape index (κ1) is 26.4. The number of hydrogen-bond acceptors (Lipinski definition) is 4. The Morgan fingerprint density at radius 2 is 1.54 bits per heavy atom. The summed E-state index contributed by atoms with van der Waals surface area (Å²) < 4.78 is 0. The highest BCUT2D eigenvalue weighted by Crippen LogP contribution is 2.06. The van der Waals surface area contributed by atoms with Crippen molar-refractivity contribution in [3.63, 3.8) is 0 Å². The van der Waals surface area contributed by atoms with Gasteiger partial charge in [0.1, 0.15) is 6.04 Å². The van der Waals surface area contributed by atoms with Gasteiger partial charge in [-0.3, -0.25) is 14.4 Å². The molecule has 1 unspecified atom stereocenters. The zero-order valence-electron chi connectivity index (χ0n) is 18.1. The first-order valence-corrected chi connectivity index (χ1v) is 10.9. The van der Waals surface area contributed by atoms with Gasteiger partial charge in [0.2, 0.25) is 17.7 Å². The van der Waals surface area contributed by atoms with Crippen molar-refractivity contribution in [2.75, 3.05) is 19.6 Å². The molecule has 1 atom stereocenters. The van der Waals surface area contributed by atoms with Crippen LogP contribution in [0.5, 0.6) is 0 Å². The maximum Gasteiger partial charge on any atom is 0.242 e. The van der Waals surface area contributed by atoms with Crippen molar-refractivity contribution >= 4 is 17.7 Å². The number of nitrogens with two attached hydrogens (primary N) is 1.